The van der Waals surface area contributed by atoms with Gasteiger partial charge in [-0.05, 0) is 20.3 Å². The van der Waals surface area contributed by atoms with Gasteiger partial charge in [0.1, 0.15) is 0 Å². The topological polar surface area (TPSA) is 53.0 Å². The normalized spacial score (nSPS) is 28.6. The van der Waals surface area contributed by atoms with E-state index in [1.165, 1.54) is 0 Å². The number of aliphatic hydroxyl groups is 1. The number of aliphatic hydroxyl groups excluding tert-OH is 1. The van der Waals surface area contributed by atoms with E-state index < -0.39 is 11.6 Å². The number of nitrogens with zero attached hydrogens (tertiary/aromatic N) is 2. The van der Waals surface area contributed by atoms with Crippen LogP contribution in [0, 0.1) is 0 Å². The van der Waals surface area contributed by atoms with Crippen LogP contribution in [0.1, 0.15) is 26.7 Å². The lowest BCUT2D eigenvalue weighted by molar-refractivity contribution is -0.136. The Morgan fingerprint density at radius 1 is 1.33 bits per heavy atom. The number of rotatable bonds is 3. The lowest BCUT2D eigenvalue weighted by atomic mass is 9.98. The molecule has 2 heterocycles. The van der Waals surface area contributed by atoms with Crippen LogP contribution >= 0.6 is 0 Å². The minimum Gasteiger partial charge on any atom is -0.391 e. The molecule has 0 spiro atoms. The van der Waals surface area contributed by atoms with E-state index in [-0.39, 0.29) is 5.91 Å². The first-order valence-electron chi connectivity index (χ1n) is 6.80. The van der Waals surface area contributed by atoms with Crippen LogP contribution < -0.4 is 0 Å². The zero-order chi connectivity index (χ0) is 13.2. The maximum Gasteiger partial charge on any atom is 0.224 e. The molecule has 1 N–H and O–H groups in total. The second kappa shape index (κ2) is 5.55. The second-order valence-electron chi connectivity index (χ2n) is 5.71. The van der Waals surface area contributed by atoms with Crippen molar-refractivity contribution < 1.29 is 14.6 Å². The predicted octanol–water partition coefficient (Wildman–Crippen LogP) is 0.0805. The number of carbonyl (C=O) groups is 1. The summed E-state index contributed by atoms with van der Waals surface area (Å²) in [7, 11) is 0. The van der Waals surface area contributed by atoms with Gasteiger partial charge in [0, 0.05) is 32.6 Å². The maximum absolute atomic E-state index is 12.2. The molecule has 0 aromatic rings. The molecule has 5 nitrogen and oxygen atoms in total. The molecule has 1 unspecified atom stereocenters. The zero-order valence-corrected chi connectivity index (χ0v) is 11.4. The Labute approximate surface area is 109 Å². The first-order valence-corrected chi connectivity index (χ1v) is 6.80. The van der Waals surface area contributed by atoms with Crippen LogP contribution in [0.2, 0.25) is 0 Å². The molecule has 1 amide bonds. The van der Waals surface area contributed by atoms with Crippen molar-refractivity contribution in [2.24, 2.45) is 0 Å². The number of hydrogen-bond acceptors (Lipinski definition) is 4. The van der Waals surface area contributed by atoms with Crippen LogP contribution in [0.4, 0.5) is 0 Å². The van der Waals surface area contributed by atoms with Gasteiger partial charge < -0.3 is 14.7 Å². The summed E-state index contributed by atoms with van der Waals surface area (Å²) in [6, 6.07) is 0. The van der Waals surface area contributed by atoms with Crippen LogP contribution in [-0.4, -0.2) is 71.8 Å². The number of hydrogen-bond donors (Lipinski definition) is 1. The molecule has 2 saturated heterocycles. The van der Waals surface area contributed by atoms with Crippen molar-refractivity contribution in [2.45, 2.75) is 38.3 Å². The van der Waals surface area contributed by atoms with Crippen molar-refractivity contribution in [3.63, 3.8) is 0 Å². The molecule has 0 aromatic carbocycles. The van der Waals surface area contributed by atoms with Crippen molar-refractivity contribution in [1.29, 1.82) is 0 Å². The Hall–Kier alpha value is -0.650. The standard InChI is InChI=1S/C13H24N2O3/c1-13(2)11(16)3-6-15(13)12(17)4-5-14-7-9-18-10-8-14/h11,16H,3-10H2,1-2H3. The van der Waals surface area contributed by atoms with Crippen molar-refractivity contribution in [2.75, 3.05) is 39.4 Å². The van der Waals surface area contributed by atoms with Crippen LogP contribution in [0.25, 0.3) is 0 Å². The van der Waals surface area contributed by atoms with Gasteiger partial charge in [-0.1, -0.05) is 0 Å². The molecule has 2 rings (SSSR count). The number of carbonyl (C=O) groups excluding carboxylic acids is 1. The molecule has 104 valence electrons. The molecule has 0 saturated carbocycles. The summed E-state index contributed by atoms with van der Waals surface area (Å²) in [6.45, 7) is 8.72. The Kier molecular flexibility index (Phi) is 4.25. The quantitative estimate of drug-likeness (QED) is 0.777. The zero-order valence-electron chi connectivity index (χ0n) is 11.4. The highest BCUT2D eigenvalue weighted by atomic mass is 16.5. The van der Waals surface area contributed by atoms with Gasteiger partial charge in [0.25, 0.3) is 0 Å². The van der Waals surface area contributed by atoms with E-state index in [0.29, 0.717) is 19.4 Å². The average molecular weight is 256 g/mol. The van der Waals surface area contributed by atoms with Gasteiger partial charge in [-0.3, -0.25) is 9.69 Å². The summed E-state index contributed by atoms with van der Waals surface area (Å²) in [6.07, 6.45) is 0.830. The second-order valence-corrected chi connectivity index (χ2v) is 5.71. The fourth-order valence-corrected chi connectivity index (χ4v) is 2.73. The summed E-state index contributed by atoms with van der Waals surface area (Å²) >= 11 is 0. The maximum atomic E-state index is 12.2. The molecule has 0 bridgehead atoms. The van der Waals surface area contributed by atoms with E-state index in [1.807, 2.05) is 18.7 Å². The highest BCUT2D eigenvalue weighted by Crippen LogP contribution is 2.29. The van der Waals surface area contributed by atoms with E-state index in [2.05, 4.69) is 4.90 Å². The summed E-state index contributed by atoms with van der Waals surface area (Å²) in [5.74, 6) is 0.156. The average Bonchev–Trinajstić information content (AvgIpc) is 2.63. The van der Waals surface area contributed by atoms with Crippen molar-refractivity contribution >= 4 is 5.91 Å². The first kappa shape index (κ1) is 13.8. The summed E-state index contributed by atoms with van der Waals surface area (Å²) < 4.78 is 5.28. The smallest absolute Gasteiger partial charge is 0.224 e. The molecular formula is C13H24N2O3. The largest absolute Gasteiger partial charge is 0.391 e. The molecule has 0 aromatic heterocycles. The Morgan fingerprint density at radius 2 is 2.00 bits per heavy atom. The van der Waals surface area contributed by atoms with E-state index in [0.717, 1.165) is 32.8 Å². The monoisotopic (exact) mass is 256 g/mol. The number of morpholine rings is 1. The summed E-state index contributed by atoms with van der Waals surface area (Å²) in [5, 5.41) is 9.87. The van der Waals surface area contributed by atoms with Gasteiger partial charge in [-0.2, -0.15) is 0 Å². The number of amides is 1. The lowest BCUT2D eigenvalue weighted by Crippen LogP contribution is -2.49. The number of ether oxygens (including phenoxy) is 1. The highest BCUT2D eigenvalue weighted by Gasteiger charge is 2.42. The summed E-state index contributed by atoms with van der Waals surface area (Å²) in [5.41, 5.74) is -0.415. The SMILES string of the molecule is CC1(C)C(O)CCN1C(=O)CCN1CCOCC1. The van der Waals surface area contributed by atoms with Gasteiger partial charge >= 0.3 is 0 Å². The predicted molar refractivity (Wildman–Crippen MR) is 68.3 cm³/mol. The van der Waals surface area contributed by atoms with Gasteiger partial charge in [0.05, 0.1) is 24.9 Å². The fourth-order valence-electron chi connectivity index (χ4n) is 2.73. The molecule has 5 heteroatoms. The first-order chi connectivity index (χ1) is 8.51. The Morgan fingerprint density at radius 3 is 2.56 bits per heavy atom. The molecule has 0 radical (unpaired) electrons. The summed E-state index contributed by atoms with van der Waals surface area (Å²) in [4.78, 5) is 16.3. The van der Waals surface area contributed by atoms with E-state index in [9.17, 15) is 9.90 Å². The highest BCUT2D eigenvalue weighted by molar-refractivity contribution is 5.77. The molecule has 1 atom stereocenters. The minimum atomic E-state index is -0.415. The molecule has 2 aliphatic rings. The van der Waals surface area contributed by atoms with Crippen molar-refractivity contribution in [3.05, 3.63) is 0 Å². The van der Waals surface area contributed by atoms with E-state index >= 15 is 0 Å². The molecule has 2 fully saturated rings. The van der Waals surface area contributed by atoms with Gasteiger partial charge in [0.15, 0.2) is 0 Å². The van der Waals surface area contributed by atoms with Gasteiger partial charge in [0.2, 0.25) is 5.91 Å². The number of likely N-dealkylation sites (tertiary alicyclic amines) is 1. The van der Waals surface area contributed by atoms with Gasteiger partial charge in [-0.15, -0.1) is 0 Å². The van der Waals surface area contributed by atoms with E-state index in [1.54, 1.807) is 0 Å². The lowest BCUT2D eigenvalue weighted by Gasteiger charge is -2.34. The Bertz CT molecular complexity index is 301. The third kappa shape index (κ3) is 2.84. The van der Waals surface area contributed by atoms with Gasteiger partial charge in [-0.25, -0.2) is 0 Å². The molecule has 0 aliphatic carbocycles. The molecule has 18 heavy (non-hydrogen) atoms. The third-order valence-corrected chi connectivity index (χ3v) is 4.18. The minimum absolute atomic E-state index is 0.156. The molecular weight excluding hydrogens is 232 g/mol. The fraction of sp³-hybridized carbons (Fsp3) is 0.923. The molecule has 2 aliphatic heterocycles. The Balaban J connectivity index is 1.81. The van der Waals surface area contributed by atoms with Crippen LogP contribution in [-0.2, 0) is 9.53 Å². The van der Waals surface area contributed by atoms with Crippen molar-refractivity contribution in [3.8, 4) is 0 Å². The van der Waals surface area contributed by atoms with Crippen LogP contribution in [0.5, 0.6) is 0 Å². The van der Waals surface area contributed by atoms with Crippen LogP contribution in [0.15, 0.2) is 0 Å². The third-order valence-electron chi connectivity index (χ3n) is 4.18. The van der Waals surface area contributed by atoms with Crippen molar-refractivity contribution in [1.82, 2.24) is 9.80 Å². The van der Waals surface area contributed by atoms with Crippen LogP contribution in [0.3, 0.4) is 0 Å². The van der Waals surface area contributed by atoms with E-state index in [4.69, 9.17) is 4.74 Å².